The van der Waals surface area contributed by atoms with E-state index in [0.717, 1.165) is 31.1 Å². The maximum atomic E-state index is 12.6. The van der Waals surface area contributed by atoms with Crippen molar-refractivity contribution in [3.63, 3.8) is 0 Å². The normalized spacial score (nSPS) is 17.7. The number of anilines is 1. The standard InChI is InChI=1S/C21H25N3O2/c1-15-5-4-10-24(13-15)14-16-6-2-8-18(11-16)21(26)23-19-9-3-7-17(12-19)20(22)25/h2-3,6-9,11-12,15H,4-5,10,13-14H2,1H3,(H2,22,25)(H,23,26)/t15-/m0/s1. The molecule has 5 heteroatoms. The fraction of sp³-hybridized carbons (Fsp3) is 0.333. The Morgan fingerprint density at radius 1 is 1.15 bits per heavy atom. The molecule has 136 valence electrons. The summed E-state index contributed by atoms with van der Waals surface area (Å²) in [5.41, 5.74) is 7.96. The Balaban J connectivity index is 1.68. The van der Waals surface area contributed by atoms with Gasteiger partial charge in [-0.1, -0.05) is 25.1 Å². The van der Waals surface area contributed by atoms with Crippen LogP contribution in [0.25, 0.3) is 0 Å². The van der Waals surface area contributed by atoms with Crippen molar-refractivity contribution in [1.82, 2.24) is 4.90 Å². The fourth-order valence-electron chi connectivity index (χ4n) is 3.45. The minimum atomic E-state index is -0.515. The second-order valence-corrected chi connectivity index (χ2v) is 7.08. The summed E-state index contributed by atoms with van der Waals surface area (Å²) in [5, 5.41) is 2.83. The molecule has 0 aliphatic carbocycles. The van der Waals surface area contributed by atoms with Crippen molar-refractivity contribution in [2.75, 3.05) is 18.4 Å². The van der Waals surface area contributed by atoms with E-state index in [4.69, 9.17) is 5.73 Å². The number of nitrogens with two attached hydrogens (primary N) is 1. The van der Waals surface area contributed by atoms with Crippen LogP contribution in [0.15, 0.2) is 48.5 Å². The van der Waals surface area contributed by atoms with Crippen LogP contribution in [0.2, 0.25) is 0 Å². The van der Waals surface area contributed by atoms with Gasteiger partial charge in [-0.05, 0) is 61.2 Å². The summed E-state index contributed by atoms with van der Waals surface area (Å²) < 4.78 is 0. The summed E-state index contributed by atoms with van der Waals surface area (Å²) in [6.45, 7) is 5.37. The quantitative estimate of drug-likeness (QED) is 0.868. The average molecular weight is 351 g/mol. The molecule has 1 aliphatic rings. The molecule has 0 radical (unpaired) electrons. The minimum absolute atomic E-state index is 0.194. The molecule has 0 saturated carbocycles. The Kier molecular flexibility index (Phi) is 5.68. The van der Waals surface area contributed by atoms with Gasteiger partial charge in [-0.25, -0.2) is 0 Å². The first-order chi connectivity index (χ1) is 12.5. The van der Waals surface area contributed by atoms with Crippen LogP contribution in [0.4, 0.5) is 5.69 Å². The molecule has 0 bridgehead atoms. The second-order valence-electron chi connectivity index (χ2n) is 7.08. The predicted octanol–water partition coefficient (Wildman–Crippen LogP) is 3.27. The van der Waals surface area contributed by atoms with Crippen LogP contribution in [-0.2, 0) is 6.54 Å². The molecule has 1 heterocycles. The number of hydrogen-bond acceptors (Lipinski definition) is 3. The zero-order chi connectivity index (χ0) is 18.5. The molecule has 2 aromatic carbocycles. The first kappa shape index (κ1) is 18.1. The molecule has 2 amide bonds. The number of primary amides is 1. The van der Waals surface area contributed by atoms with E-state index >= 15 is 0 Å². The van der Waals surface area contributed by atoms with Crippen LogP contribution < -0.4 is 11.1 Å². The van der Waals surface area contributed by atoms with Crippen LogP contribution in [0.1, 0.15) is 46.0 Å². The van der Waals surface area contributed by atoms with E-state index in [9.17, 15) is 9.59 Å². The van der Waals surface area contributed by atoms with E-state index in [1.807, 2.05) is 12.1 Å². The highest BCUT2D eigenvalue weighted by atomic mass is 16.2. The summed E-state index contributed by atoms with van der Waals surface area (Å²) in [4.78, 5) is 26.3. The number of amides is 2. The molecule has 0 spiro atoms. The van der Waals surface area contributed by atoms with Gasteiger partial charge in [0.05, 0.1) is 0 Å². The van der Waals surface area contributed by atoms with Gasteiger partial charge in [0.2, 0.25) is 5.91 Å². The molecule has 26 heavy (non-hydrogen) atoms. The third-order valence-electron chi connectivity index (χ3n) is 4.74. The average Bonchev–Trinajstić information content (AvgIpc) is 2.62. The van der Waals surface area contributed by atoms with Crippen LogP contribution in [0, 0.1) is 5.92 Å². The number of nitrogens with one attached hydrogen (secondary N) is 1. The molecular formula is C21H25N3O2. The Labute approximate surface area is 154 Å². The minimum Gasteiger partial charge on any atom is -0.366 e. The van der Waals surface area contributed by atoms with Crippen LogP contribution in [0.3, 0.4) is 0 Å². The highest BCUT2D eigenvalue weighted by Gasteiger charge is 2.17. The van der Waals surface area contributed by atoms with Gasteiger partial charge in [0.25, 0.3) is 5.91 Å². The molecule has 1 saturated heterocycles. The summed E-state index contributed by atoms with van der Waals surface area (Å²) in [6, 6.07) is 14.4. The third kappa shape index (κ3) is 4.70. The Morgan fingerprint density at radius 2 is 1.92 bits per heavy atom. The number of carbonyl (C=O) groups excluding carboxylic acids is 2. The van der Waals surface area contributed by atoms with Crippen molar-refractivity contribution in [2.45, 2.75) is 26.3 Å². The van der Waals surface area contributed by atoms with Crippen molar-refractivity contribution in [1.29, 1.82) is 0 Å². The SMILES string of the molecule is C[C@H]1CCCN(Cc2cccc(C(=O)Nc3cccc(C(N)=O)c3)c2)C1. The van der Waals surface area contributed by atoms with Gasteiger partial charge >= 0.3 is 0 Å². The van der Waals surface area contributed by atoms with Gasteiger partial charge in [0, 0.05) is 29.9 Å². The van der Waals surface area contributed by atoms with Gasteiger partial charge in [0.15, 0.2) is 0 Å². The summed E-state index contributed by atoms with van der Waals surface area (Å²) in [6.07, 6.45) is 2.53. The molecule has 2 aromatic rings. The topological polar surface area (TPSA) is 75.4 Å². The maximum Gasteiger partial charge on any atom is 0.255 e. The van der Waals surface area contributed by atoms with E-state index in [2.05, 4.69) is 23.2 Å². The van der Waals surface area contributed by atoms with Crippen LogP contribution in [0.5, 0.6) is 0 Å². The van der Waals surface area contributed by atoms with Gasteiger partial charge in [-0.15, -0.1) is 0 Å². The molecule has 3 N–H and O–H groups in total. The van der Waals surface area contributed by atoms with E-state index in [1.165, 1.54) is 12.8 Å². The van der Waals surface area contributed by atoms with Crippen molar-refractivity contribution in [3.8, 4) is 0 Å². The molecule has 0 aromatic heterocycles. The molecule has 3 rings (SSSR count). The van der Waals surface area contributed by atoms with Crippen molar-refractivity contribution >= 4 is 17.5 Å². The highest BCUT2D eigenvalue weighted by Crippen LogP contribution is 2.19. The molecule has 1 aliphatic heterocycles. The van der Waals surface area contributed by atoms with Crippen LogP contribution >= 0.6 is 0 Å². The lowest BCUT2D eigenvalue weighted by atomic mass is 9.99. The van der Waals surface area contributed by atoms with Gasteiger partial charge < -0.3 is 11.1 Å². The van der Waals surface area contributed by atoms with E-state index in [0.29, 0.717) is 16.8 Å². The maximum absolute atomic E-state index is 12.6. The Bertz CT molecular complexity index is 803. The number of benzene rings is 2. The monoisotopic (exact) mass is 351 g/mol. The number of rotatable bonds is 5. The highest BCUT2D eigenvalue weighted by molar-refractivity contribution is 6.05. The third-order valence-corrected chi connectivity index (χ3v) is 4.74. The first-order valence-corrected chi connectivity index (χ1v) is 9.04. The Hall–Kier alpha value is -2.66. The molecule has 1 fully saturated rings. The fourth-order valence-corrected chi connectivity index (χ4v) is 3.45. The number of likely N-dealkylation sites (tertiary alicyclic amines) is 1. The number of nitrogens with zero attached hydrogens (tertiary/aromatic N) is 1. The molecular weight excluding hydrogens is 326 g/mol. The number of carbonyl (C=O) groups is 2. The first-order valence-electron chi connectivity index (χ1n) is 9.04. The smallest absolute Gasteiger partial charge is 0.255 e. The zero-order valence-corrected chi connectivity index (χ0v) is 15.1. The predicted molar refractivity (Wildman–Crippen MR) is 103 cm³/mol. The lowest BCUT2D eigenvalue weighted by Crippen LogP contribution is -2.33. The number of hydrogen-bond donors (Lipinski definition) is 2. The van der Waals surface area contributed by atoms with Crippen LogP contribution in [-0.4, -0.2) is 29.8 Å². The van der Waals surface area contributed by atoms with E-state index in [-0.39, 0.29) is 5.91 Å². The van der Waals surface area contributed by atoms with Gasteiger partial charge in [0.1, 0.15) is 0 Å². The second kappa shape index (κ2) is 8.15. The summed E-state index contributed by atoms with van der Waals surface area (Å²) in [7, 11) is 0. The zero-order valence-electron chi connectivity index (χ0n) is 15.1. The molecule has 0 unspecified atom stereocenters. The van der Waals surface area contributed by atoms with E-state index < -0.39 is 5.91 Å². The lowest BCUT2D eigenvalue weighted by molar-refractivity contribution is 0.0996. The lowest BCUT2D eigenvalue weighted by Gasteiger charge is -2.30. The van der Waals surface area contributed by atoms with Gasteiger partial charge in [-0.3, -0.25) is 14.5 Å². The van der Waals surface area contributed by atoms with E-state index in [1.54, 1.807) is 30.3 Å². The summed E-state index contributed by atoms with van der Waals surface area (Å²) in [5.74, 6) is 0.0205. The van der Waals surface area contributed by atoms with Crippen molar-refractivity contribution < 1.29 is 9.59 Å². The molecule has 1 atom stereocenters. The summed E-state index contributed by atoms with van der Waals surface area (Å²) >= 11 is 0. The van der Waals surface area contributed by atoms with Crippen molar-refractivity contribution in [3.05, 3.63) is 65.2 Å². The van der Waals surface area contributed by atoms with Crippen molar-refractivity contribution in [2.24, 2.45) is 11.7 Å². The molecule has 5 nitrogen and oxygen atoms in total. The van der Waals surface area contributed by atoms with Gasteiger partial charge in [-0.2, -0.15) is 0 Å². The largest absolute Gasteiger partial charge is 0.366 e. The number of piperidine rings is 1. The Morgan fingerprint density at radius 3 is 2.69 bits per heavy atom.